The van der Waals surface area contributed by atoms with Gasteiger partial charge in [0.05, 0.1) is 0 Å². The molecule has 0 saturated heterocycles. The van der Waals surface area contributed by atoms with Crippen molar-refractivity contribution in [3.63, 3.8) is 0 Å². The fourth-order valence-corrected chi connectivity index (χ4v) is 25.2. The van der Waals surface area contributed by atoms with Gasteiger partial charge in [0.2, 0.25) is 0 Å². The van der Waals surface area contributed by atoms with E-state index in [1.165, 1.54) is 73.5 Å². The topological polar surface area (TPSA) is 3.24 Å². The largest absolute Gasteiger partial charge is 0.310 e. The SMILES string of the molecule is c1ccc(-c2ccc(N(c3ccccc3)c3ccc4c(c3)[Si](c3ccccc3)(c3ccccc3)c3ccccc3[Si]43c4ccccc4Sc4ccccc43)cc2-c2ccccc2)cc1. The minimum atomic E-state index is -3.02. The number of anilines is 3. The van der Waals surface area contributed by atoms with Crippen molar-refractivity contribution < 1.29 is 0 Å². The minimum absolute atomic E-state index is 1.12. The summed E-state index contributed by atoms with van der Waals surface area (Å²) in [5.74, 6) is 0. The molecule has 0 atom stereocenters. The first-order valence-electron chi connectivity index (χ1n) is 22.1. The van der Waals surface area contributed by atoms with Crippen LogP contribution in [0.5, 0.6) is 0 Å². The van der Waals surface area contributed by atoms with Gasteiger partial charge in [-0.25, -0.2) is 0 Å². The third-order valence-corrected chi connectivity index (χ3v) is 25.3. The van der Waals surface area contributed by atoms with E-state index in [2.05, 4.69) is 266 Å². The van der Waals surface area contributed by atoms with Crippen LogP contribution in [0.1, 0.15) is 0 Å². The summed E-state index contributed by atoms with van der Waals surface area (Å²) in [7, 11) is -5.95. The lowest BCUT2D eigenvalue weighted by Crippen LogP contribution is -2.93. The zero-order valence-corrected chi connectivity index (χ0v) is 38.0. The van der Waals surface area contributed by atoms with Gasteiger partial charge in [0, 0.05) is 26.9 Å². The molecule has 0 radical (unpaired) electrons. The van der Waals surface area contributed by atoms with Crippen LogP contribution in [0.3, 0.4) is 0 Å². The van der Waals surface area contributed by atoms with Crippen molar-refractivity contribution in [2.24, 2.45) is 0 Å². The summed E-state index contributed by atoms with van der Waals surface area (Å²) in [6, 6.07) is 98.4. The Kier molecular flexibility index (Phi) is 9.52. The Balaban J connectivity index is 1.21. The summed E-state index contributed by atoms with van der Waals surface area (Å²) in [5.41, 5.74) is 8.19. The van der Waals surface area contributed by atoms with Crippen LogP contribution in [0, 0.1) is 0 Å². The molecule has 0 bridgehead atoms. The van der Waals surface area contributed by atoms with E-state index in [9.17, 15) is 0 Å². The van der Waals surface area contributed by atoms with Gasteiger partial charge in [0.1, 0.15) is 0 Å². The predicted octanol–water partition coefficient (Wildman–Crippen LogP) is 10.0. The molecule has 2 aliphatic heterocycles. The maximum Gasteiger partial charge on any atom is 0.181 e. The van der Waals surface area contributed by atoms with Crippen molar-refractivity contribution in [2.45, 2.75) is 9.79 Å². The van der Waals surface area contributed by atoms with Crippen molar-refractivity contribution in [1.29, 1.82) is 0 Å². The number of benzene rings is 10. The summed E-state index contributed by atoms with van der Waals surface area (Å²) in [6.45, 7) is 0. The van der Waals surface area contributed by atoms with Gasteiger partial charge in [-0.2, -0.15) is 0 Å². The highest BCUT2D eigenvalue weighted by Gasteiger charge is 2.58. The number of hydrogen-bond acceptors (Lipinski definition) is 2. The van der Waals surface area contributed by atoms with Gasteiger partial charge in [-0.05, 0) is 112 Å². The molecule has 0 amide bonds. The number of para-hydroxylation sites is 1. The zero-order valence-electron chi connectivity index (χ0n) is 35.2. The Labute approximate surface area is 382 Å². The Bertz CT molecular complexity index is 3220. The standard InChI is InChI=1S/C60H43NSSi2/c1-6-22-44(23-7-1)51-40-38-47(42-52(51)45-24-8-2-9-25-45)61(46-26-10-3-11-27-46)48-39-41-59-60(43-48)63(49-28-12-4-13-29-49,50-30-14-5-15-31-50)57-36-20-21-37-58(57)64(59)55-34-18-16-32-53(55)62-54-33-17-19-35-56(54)64/h1-43H. The quantitative estimate of drug-likeness (QED) is 0.147. The second-order valence-electron chi connectivity index (χ2n) is 16.7. The normalized spacial score (nSPS) is 13.8. The van der Waals surface area contributed by atoms with Gasteiger partial charge in [-0.1, -0.05) is 224 Å². The fraction of sp³-hybridized carbons (Fsp3) is 0. The third-order valence-electron chi connectivity index (χ3n) is 13.5. The monoisotopic (exact) mass is 865 g/mol. The van der Waals surface area contributed by atoms with E-state index in [-0.39, 0.29) is 0 Å². The average molecular weight is 866 g/mol. The molecule has 12 rings (SSSR count). The second kappa shape index (κ2) is 15.8. The molecule has 4 heteroatoms. The van der Waals surface area contributed by atoms with Crippen molar-refractivity contribution >= 4 is 86.5 Å². The van der Waals surface area contributed by atoms with Crippen LogP contribution in [0.25, 0.3) is 22.3 Å². The molecule has 2 aliphatic rings. The van der Waals surface area contributed by atoms with Crippen LogP contribution < -0.4 is 46.4 Å². The Morgan fingerprint density at radius 3 is 1.23 bits per heavy atom. The Morgan fingerprint density at radius 1 is 0.266 bits per heavy atom. The predicted molar refractivity (Wildman–Crippen MR) is 277 cm³/mol. The van der Waals surface area contributed by atoms with E-state index in [0.29, 0.717) is 0 Å². The molecule has 0 aliphatic carbocycles. The lowest BCUT2D eigenvalue weighted by Gasteiger charge is -2.50. The van der Waals surface area contributed by atoms with Crippen molar-refractivity contribution in [3.05, 3.63) is 261 Å². The van der Waals surface area contributed by atoms with Gasteiger partial charge < -0.3 is 4.90 Å². The second-order valence-corrected chi connectivity index (χ2v) is 25.2. The summed E-state index contributed by atoms with van der Waals surface area (Å²) in [4.78, 5) is 5.22. The van der Waals surface area contributed by atoms with E-state index >= 15 is 0 Å². The van der Waals surface area contributed by atoms with Crippen LogP contribution in [0.15, 0.2) is 271 Å². The van der Waals surface area contributed by atoms with E-state index in [4.69, 9.17) is 0 Å². The van der Waals surface area contributed by atoms with Gasteiger partial charge in [0.15, 0.2) is 16.1 Å². The molecule has 10 aromatic carbocycles. The molecule has 2 heterocycles. The summed E-state index contributed by atoms with van der Waals surface area (Å²) in [5, 5.41) is 11.7. The molecule has 1 spiro atoms. The smallest absolute Gasteiger partial charge is 0.181 e. The fourth-order valence-electron chi connectivity index (χ4n) is 10.9. The summed E-state index contributed by atoms with van der Waals surface area (Å²) >= 11 is 1.93. The van der Waals surface area contributed by atoms with E-state index < -0.39 is 16.1 Å². The highest BCUT2D eigenvalue weighted by molar-refractivity contribution is 8.00. The molecular weight excluding hydrogens is 823 g/mol. The zero-order chi connectivity index (χ0) is 42.5. The molecule has 0 N–H and O–H groups in total. The van der Waals surface area contributed by atoms with Crippen molar-refractivity contribution in [3.8, 4) is 22.3 Å². The highest BCUT2D eigenvalue weighted by Crippen LogP contribution is 2.41. The summed E-state index contributed by atoms with van der Waals surface area (Å²) < 4.78 is 0. The van der Waals surface area contributed by atoms with Crippen LogP contribution in [0.4, 0.5) is 17.1 Å². The van der Waals surface area contributed by atoms with Gasteiger partial charge in [-0.15, -0.1) is 0 Å². The van der Waals surface area contributed by atoms with Gasteiger partial charge in [0.25, 0.3) is 0 Å². The van der Waals surface area contributed by atoms with Gasteiger partial charge in [-0.3, -0.25) is 0 Å². The molecular formula is C60H43NSSi2. The van der Waals surface area contributed by atoms with Gasteiger partial charge >= 0.3 is 0 Å². The molecule has 0 aromatic heterocycles. The van der Waals surface area contributed by atoms with Crippen molar-refractivity contribution in [1.82, 2.24) is 0 Å². The van der Waals surface area contributed by atoms with E-state index in [1.54, 1.807) is 0 Å². The molecule has 64 heavy (non-hydrogen) atoms. The van der Waals surface area contributed by atoms with E-state index in [1.807, 2.05) is 11.8 Å². The minimum Gasteiger partial charge on any atom is -0.310 e. The third kappa shape index (κ3) is 5.91. The molecule has 1 nitrogen and oxygen atoms in total. The first kappa shape index (κ1) is 38.5. The van der Waals surface area contributed by atoms with Crippen LogP contribution in [-0.2, 0) is 0 Å². The molecule has 302 valence electrons. The molecule has 10 aromatic rings. The maximum atomic E-state index is 2.62. The first-order chi connectivity index (χ1) is 31.8. The van der Waals surface area contributed by atoms with Crippen LogP contribution in [-0.4, -0.2) is 16.1 Å². The first-order valence-corrected chi connectivity index (χ1v) is 26.9. The molecule has 0 fully saturated rings. The number of hydrogen-bond donors (Lipinski definition) is 0. The van der Waals surface area contributed by atoms with E-state index in [0.717, 1.165) is 17.1 Å². The van der Waals surface area contributed by atoms with Crippen LogP contribution >= 0.6 is 11.8 Å². The average Bonchev–Trinajstić information content (AvgIpc) is 3.38. The molecule has 0 unspecified atom stereocenters. The lowest BCUT2D eigenvalue weighted by molar-refractivity contribution is 1.29. The highest BCUT2D eigenvalue weighted by atomic mass is 32.2. The number of fused-ring (bicyclic) bond motifs is 8. The van der Waals surface area contributed by atoms with Crippen molar-refractivity contribution in [2.75, 3.05) is 4.90 Å². The lowest BCUT2D eigenvalue weighted by atomic mass is 9.93. The Morgan fingerprint density at radius 2 is 0.672 bits per heavy atom. The van der Waals surface area contributed by atoms with Crippen LogP contribution in [0.2, 0.25) is 0 Å². The Hall–Kier alpha value is -7.22. The number of rotatable bonds is 7. The number of nitrogens with zero attached hydrogens (tertiary/aromatic N) is 1. The molecule has 0 saturated carbocycles. The maximum absolute atomic E-state index is 3.02. The summed E-state index contributed by atoms with van der Waals surface area (Å²) in [6.07, 6.45) is 0.